The predicted octanol–water partition coefficient (Wildman–Crippen LogP) is 4.19. The summed E-state index contributed by atoms with van der Waals surface area (Å²) in [5, 5.41) is 12.4. The van der Waals surface area contributed by atoms with E-state index in [1.165, 1.54) is 4.88 Å². The molecule has 0 aliphatic carbocycles. The zero-order valence-electron chi connectivity index (χ0n) is 10.2. The Morgan fingerprint density at radius 1 is 1.17 bits per heavy atom. The molecular formula is C15H17ClOS. The van der Waals surface area contributed by atoms with Crippen LogP contribution in [-0.4, -0.2) is 11.7 Å². The number of aliphatic hydroxyl groups excluding tert-OH is 1. The summed E-state index contributed by atoms with van der Waals surface area (Å²) >= 11 is 7.92. The van der Waals surface area contributed by atoms with Crippen molar-refractivity contribution < 1.29 is 5.11 Å². The Morgan fingerprint density at radius 3 is 2.67 bits per heavy atom. The molecule has 1 heterocycles. The lowest BCUT2D eigenvalue weighted by atomic mass is 9.95. The molecule has 1 unspecified atom stereocenters. The summed E-state index contributed by atoms with van der Waals surface area (Å²) in [6.45, 7) is 0.219. The second-order valence-corrected chi connectivity index (χ2v) is 5.90. The highest BCUT2D eigenvalue weighted by Gasteiger charge is 2.11. The van der Waals surface area contributed by atoms with Crippen LogP contribution in [0.25, 0.3) is 0 Å². The third-order valence-electron chi connectivity index (χ3n) is 3.10. The van der Waals surface area contributed by atoms with Crippen molar-refractivity contribution in [2.75, 3.05) is 6.61 Å². The molecule has 1 aromatic carbocycles. The molecule has 0 radical (unpaired) electrons. The number of rotatable bonds is 6. The zero-order valence-corrected chi connectivity index (χ0v) is 11.8. The SMILES string of the molecule is OCC(CCc1cccs1)Cc1ccccc1Cl. The molecule has 2 rings (SSSR count). The predicted molar refractivity (Wildman–Crippen MR) is 78.4 cm³/mol. The lowest BCUT2D eigenvalue weighted by molar-refractivity contribution is 0.218. The molecule has 1 atom stereocenters. The van der Waals surface area contributed by atoms with Gasteiger partial charge < -0.3 is 5.11 Å². The normalized spacial score (nSPS) is 12.6. The van der Waals surface area contributed by atoms with E-state index < -0.39 is 0 Å². The topological polar surface area (TPSA) is 20.2 Å². The van der Waals surface area contributed by atoms with Gasteiger partial charge in [0.2, 0.25) is 0 Å². The quantitative estimate of drug-likeness (QED) is 0.841. The molecule has 0 saturated carbocycles. The van der Waals surface area contributed by atoms with E-state index in [4.69, 9.17) is 11.6 Å². The highest BCUT2D eigenvalue weighted by Crippen LogP contribution is 2.22. The van der Waals surface area contributed by atoms with Crippen LogP contribution in [-0.2, 0) is 12.8 Å². The van der Waals surface area contributed by atoms with Crippen molar-refractivity contribution in [3.05, 3.63) is 57.2 Å². The molecule has 0 aliphatic rings. The van der Waals surface area contributed by atoms with Gasteiger partial charge in [-0.15, -0.1) is 11.3 Å². The third-order valence-corrected chi connectivity index (χ3v) is 4.41. The van der Waals surface area contributed by atoms with Crippen LogP contribution in [0.2, 0.25) is 5.02 Å². The van der Waals surface area contributed by atoms with Gasteiger partial charge in [-0.1, -0.05) is 35.9 Å². The molecule has 1 nitrogen and oxygen atoms in total. The van der Waals surface area contributed by atoms with E-state index >= 15 is 0 Å². The number of hydrogen-bond acceptors (Lipinski definition) is 2. The van der Waals surface area contributed by atoms with Crippen molar-refractivity contribution >= 4 is 22.9 Å². The Labute approximate surface area is 117 Å². The highest BCUT2D eigenvalue weighted by atomic mass is 35.5. The largest absolute Gasteiger partial charge is 0.396 e. The summed E-state index contributed by atoms with van der Waals surface area (Å²) in [5.41, 5.74) is 1.13. The standard InChI is InChI=1S/C15H17ClOS/c16-15-6-2-1-4-13(15)10-12(11-17)7-8-14-5-3-9-18-14/h1-6,9,12,17H,7-8,10-11H2. The fraction of sp³-hybridized carbons (Fsp3) is 0.333. The smallest absolute Gasteiger partial charge is 0.0462 e. The monoisotopic (exact) mass is 280 g/mol. The average molecular weight is 281 g/mol. The second kappa shape index (κ2) is 6.93. The molecule has 0 aliphatic heterocycles. The Bertz CT molecular complexity index is 467. The number of halogens is 1. The molecule has 0 saturated heterocycles. The summed E-state index contributed by atoms with van der Waals surface area (Å²) < 4.78 is 0. The van der Waals surface area contributed by atoms with E-state index in [9.17, 15) is 5.11 Å². The number of benzene rings is 1. The molecule has 1 aromatic heterocycles. The Kier molecular flexibility index (Phi) is 5.24. The van der Waals surface area contributed by atoms with Gasteiger partial charge in [-0.05, 0) is 48.3 Å². The van der Waals surface area contributed by atoms with E-state index in [0.717, 1.165) is 29.8 Å². The first-order valence-electron chi connectivity index (χ1n) is 6.16. The molecule has 18 heavy (non-hydrogen) atoms. The summed E-state index contributed by atoms with van der Waals surface area (Å²) in [6, 6.07) is 12.1. The Balaban J connectivity index is 1.91. The van der Waals surface area contributed by atoms with Gasteiger partial charge in [-0.3, -0.25) is 0 Å². The summed E-state index contributed by atoms with van der Waals surface area (Å²) in [7, 11) is 0. The zero-order chi connectivity index (χ0) is 12.8. The van der Waals surface area contributed by atoms with Gasteiger partial charge in [-0.25, -0.2) is 0 Å². The van der Waals surface area contributed by atoms with Crippen LogP contribution in [0.4, 0.5) is 0 Å². The van der Waals surface area contributed by atoms with Crippen LogP contribution in [0.1, 0.15) is 16.9 Å². The lowest BCUT2D eigenvalue weighted by Gasteiger charge is -2.14. The van der Waals surface area contributed by atoms with Crippen LogP contribution < -0.4 is 0 Å². The van der Waals surface area contributed by atoms with Crippen LogP contribution >= 0.6 is 22.9 Å². The lowest BCUT2D eigenvalue weighted by Crippen LogP contribution is -2.11. The van der Waals surface area contributed by atoms with Crippen LogP contribution in [0.5, 0.6) is 0 Å². The van der Waals surface area contributed by atoms with E-state index in [1.54, 1.807) is 11.3 Å². The van der Waals surface area contributed by atoms with Gasteiger partial charge in [0.15, 0.2) is 0 Å². The van der Waals surface area contributed by atoms with E-state index in [2.05, 4.69) is 17.5 Å². The van der Waals surface area contributed by atoms with Crippen molar-refractivity contribution in [2.24, 2.45) is 5.92 Å². The molecule has 2 aromatic rings. The van der Waals surface area contributed by atoms with E-state index in [-0.39, 0.29) is 12.5 Å². The van der Waals surface area contributed by atoms with Gasteiger partial charge in [-0.2, -0.15) is 0 Å². The molecule has 0 amide bonds. The first-order chi connectivity index (χ1) is 8.79. The Morgan fingerprint density at radius 2 is 2.00 bits per heavy atom. The molecule has 96 valence electrons. The molecular weight excluding hydrogens is 264 g/mol. The first-order valence-corrected chi connectivity index (χ1v) is 7.42. The van der Waals surface area contributed by atoms with Crippen molar-refractivity contribution in [3.8, 4) is 0 Å². The maximum atomic E-state index is 9.47. The fourth-order valence-electron chi connectivity index (χ4n) is 2.03. The van der Waals surface area contributed by atoms with Crippen LogP contribution in [0.3, 0.4) is 0 Å². The fourth-order valence-corrected chi connectivity index (χ4v) is 2.97. The minimum Gasteiger partial charge on any atom is -0.396 e. The number of aryl methyl sites for hydroxylation is 1. The maximum absolute atomic E-state index is 9.47. The van der Waals surface area contributed by atoms with Crippen molar-refractivity contribution in [3.63, 3.8) is 0 Å². The minimum atomic E-state index is 0.219. The van der Waals surface area contributed by atoms with Crippen LogP contribution in [0.15, 0.2) is 41.8 Å². The summed E-state index contributed by atoms with van der Waals surface area (Å²) in [6.07, 6.45) is 2.89. The number of hydrogen-bond donors (Lipinski definition) is 1. The minimum absolute atomic E-state index is 0.219. The van der Waals surface area contributed by atoms with Gasteiger partial charge in [0.25, 0.3) is 0 Å². The van der Waals surface area contributed by atoms with Crippen LogP contribution in [0, 0.1) is 5.92 Å². The first kappa shape index (κ1) is 13.6. The molecule has 0 spiro atoms. The third kappa shape index (κ3) is 3.84. The highest BCUT2D eigenvalue weighted by molar-refractivity contribution is 7.09. The van der Waals surface area contributed by atoms with Crippen molar-refractivity contribution in [2.45, 2.75) is 19.3 Å². The van der Waals surface area contributed by atoms with Crippen molar-refractivity contribution in [1.29, 1.82) is 0 Å². The second-order valence-electron chi connectivity index (χ2n) is 4.46. The van der Waals surface area contributed by atoms with Gasteiger partial charge in [0.05, 0.1) is 0 Å². The van der Waals surface area contributed by atoms with Gasteiger partial charge in [0.1, 0.15) is 0 Å². The number of thiophene rings is 1. The van der Waals surface area contributed by atoms with E-state index in [0.29, 0.717) is 0 Å². The Hall–Kier alpha value is -0.830. The summed E-state index contributed by atoms with van der Waals surface area (Å²) in [4.78, 5) is 1.38. The van der Waals surface area contributed by atoms with Crippen molar-refractivity contribution in [1.82, 2.24) is 0 Å². The van der Waals surface area contributed by atoms with Gasteiger partial charge >= 0.3 is 0 Å². The maximum Gasteiger partial charge on any atom is 0.0462 e. The number of aliphatic hydroxyl groups is 1. The molecule has 0 fully saturated rings. The average Bonchev–Trinajstić information content (AvgIpc) is 2.90. The molecule has 3 heteroatoms. The summed E-state index contributed by atoms with van der Waals surface area (Å²) in [5.74, 6) is 0.284. The van der Waals surface area contributed by atoms with E-state index in [1.807, 2.05) is 24.3 Å². The van der Waals surface area contributed by atoms with Gasteiger partial charge in [0, 0.05) is 16.5 Å². The molecule has 0 bridgehead atoms. The molecule has 1 N–H and O–H groups in total.